The van der Waals surface area contributed by atoms with Crippen molar-refractivity contribution in [3.8, 4) is 0 Å². The molecule has 4 aromatic heterocycles. The van der Waals surface area contributed by atoms with Crippen LogP contribution in [0.25, 0.3) is 21.5 Å². The summed E-state index contributed by atoms with van der Waals surface area (Å²) in [5.74, 6) is 2.67. The van der Waals surface area contributed by atoms with E-state index in [2.05, 4.69) is 82.5 Å². The fourth-order valence-electron chi connectivity index (χ4n) is 8.44. The lowest BCUT2D eigenvalue weighted by atomic mass is 9.94. The predicted octanol–water partition coefficient (Wildman–Crippen LogP) is 8.42. The second-order valence-corrected chi connectivity index (χ2v) is 18.0. The molecular formula is C47H64N12O2. The zero-order chi connectivity index (χ0) is 42.9. The molecule has 0 unspecified atom stereocenters. The Kier molecular flexibility index (Phi) is 14.1. The topological polar surface area (TPSA) is 159 Å². The summed E-state index contributed by atoms with van der Waals surface area (Å²) in [4.78, 5) is 26.6. The van der Waals surface area contributed by atoms with Crippen molar-refractivity contribution in [2.45, 2.75) is 91.0 Å². The number of aromatic nitrogens is 6. The normalized spacial score (nSPS) is 15.8. The van der Waals surface area contributed by atoms with Gasteiger partial charge in [-0.1, -0.05) is 0 Å². The number of aryl methyl sites for hydroxylation is 2. The molecule has 6 heterocycles. The highest BCUT2D eigenvalue weighted by molar-refractivity contribution is 6.01. The largest absolute Gasteiger partial charge is 0.465 e. The molecule has 0 atom stereocenters. The molecule has 14 nitrogen and oxygen atoms in total. The van der Waals surface area contributed by atoms with Gasteiger partial charge in [0, 0.05) is 89.8 Å². The van der Waals surface area contributed by atoms with Crippen LogP contribution in [0.4, 0.5) is 27.8 Å². The van der Waals surface area contributed by atoms with E-state index in [0.29, 0.717) is 18.2 Å². The number of piperidine rings is 2. The highest BCUT2D eigenvalue weighted by Gasteiger charge is 2.30. The third-order valence-electron chi connectivity index (χ3n) is 12.2. The van der Waals surface area contributed by atoms with Gasteiger partial charge in [-0.05, 0) is 171 Å². The van der Waals surface area contributed by atoms with E-state index in [1.165, 1.54) is 75.2 Å². The fourth-order valence-corrected chi connectivity index (χ4v) is 8.44. The number of carboxylic acid groups (broad SMARTS) is 1. The molecule has 5 N–H and O–H groups in total. The standard InChI is InChI=1S/C26H36N6O2.C21H28N6/c1-26(2,3)32(25(33)34)24-23-6-5-22(15-21(23)7-11-27-24)28-16-20-17-29-31(18-20)14-10-19-8-12-30(4)13-9-19;1-26-9-5-16(6-10-26)7-11-27-15-17(14-25-27)13-24-19-2-3-20-18(12-19)4-8-23-21(20)22/h5-7,11,15,17-19,28H,8-10,12-14,16H2,1-4H3,(H,33,34);2-4,8,12,14-16,24H,5-7,9-11,13H2,1H3,(H2,22,23). The summed E-state index contributed by atoms with van der Waals surface area (Å²) in [5, 5.41) is 29.6. The number of nitrogens with one attached hydrogen (secondary N) is 2. The highest BCUT2D eigenvalue weighted by Crippen LogP contribution is 2.31. The fraction of sp³-hybridized carbons (Fsp3) is 0.468. The van der Waals surface area contributed by atoms with Crippen LogP contribution in [0, 0.1) is 11.8 Å². The van der Waals surface area contributed by atoms with Crippen molar-refractivity contribution in [1.29, 1.82) is 0 Å². The van der Waals surface area contributed by atoms with E-state index in [4.69, 9.17) is 5.73 Å². The molecular weight excluding hydrogens is 765 g/mol. The number of likely N-dealkylation sites (tertiary alicyclic amines) is 2. The second kappa shape index (κ2) is 19.8. The summed E-state index contributed by atoms with van der Waals surface area (Å²) >= 11 is 0. The first-order chi connectivity index (χ1) is 29.4. The lowest BCUT2D eigenvalue weighted by Crippen LogP contribution is -2.45. The van der Waals surface area contributed by atoms with Crippen molar-refractivity contribution in [2.24, 2.45) is 11.8 Å². The Morgan fingerprint density at radius 3 is 1.70 bits per heavy atom. The van der Waals surface area contributed by atoms with Gasteiger partial charge < -0.3 is 31.3 Å². The average Bonchev–Trinajstić information content (AvgIpc) is 3.91. The number of fused-ring (bicyclic) bond motifs is 2. The van der Waals surface area contributed by atoms with Crippen LogP contribution in [0.2, 0.25) is 0 Å². The van der Waals surface area contributed by atoms with Gasteiger partial charge in [-0.25, -0.2) is 14.8 Å². The van der Waals surface area contributed by atoms with Gasteiger partial charge in [-0.2, -0.15) is 10.2 Å². The van der Waals surface area contributed by atoms with Gasteiger partial charge in [0.05, 0.1) is 12.4 Å². The summed E-state index contributed by atoms with van der Waals surface area (Å²) in [6, 6.07) is 16.0. The molecule has 0 aliphatic carbocycles. The number of hydrogen-bond acceptors (Lipinski definition) is 10. The van der Waals surface area contributed by atoms with E-state index in [-0.39, 0.29) is 0 Å². The first-order valence-corrected chi connectivity index (χ1v) is 21.8. The average molecular weight is 829 g/mol. The number of nitrogen functional groups attached to an aromatic ring is 1. The lowest BCUT2D eigenvalue weighted by molar-refractivity contribution is 0.195. The highest BCUT2D eigenvalue weighted by atomic mass is 16.4. The third kappa shape index (κ3) is 11.8. The molecule has 2 aliphatic rings. The first kappa shape index (κ1) is 43.4. The number of anilines is 4. The van der Waals surface area contributed by atoms with Gasteiger partial charge in [0.15, 0.2) is 0 Å². The molecule has 324 valence electrons. The summed E-state index contributed by atoms with van der Waals surface area (Å²) < 4.78 is 4.14. The number of benzene rings is 2. The van der Waals surface area contributed by atoms with Crippen LogP contribution in [0.5, 0.6) is 0 Å². The van der Waals surface area contributed by atoms with Gasteiger partial charge in [-0.3, -0.25) is 14.3 Å². The van der Waals surface area contributed by atoms with Crippen molar-refractivity contribution < 1.29 is 9.90 Å². The molecule has 0 bridgehead atoms. The molecule has 1 amide bonds. The van der Waals surface area contributed by atoms with Crippen molar-refractivity contribution in [3.63, 3.8) is 0 Å². The van der Waals surface area contributed by atoms with Gasteiger partial charge >= 0.3 is 6.09 Å². The van der Waals surface area contributed by atoms with Crippen LogP contribution < -0.4 is 21.3 Å². The van der Waals surface area contributed by atoms with Crippen LogP contribution in [-0.4, -0.2) is 96.3 Å². The number of nitrogens with zero attached hydrogens (tertiary/aromatic N) is 9. The molecule has 0 radical (unpaired) electrons. The second-order valence-electron chi connectivity index (χ2n) is 18.0. The Balaban J connectivity index is 0.000000189. The van der Waals surface area contributed by atoms with Crippen LogP contribution in [0.3, 0.4) is 0 Å². The van der Waals surface area contributed by atoms with E-state index in [0.717, 1.165) is 70.0 Å². The molecule has 6 aromatic rings. The minimum atomic E-state index is -1.01. The van der Waals surface area contributed by atoms with Crippen molar-refractivity contribution in [2.75, 3.05) is 61.5 Å². The molecule has 14 heteroatoms. The molecule has 0 spiro atoms. The molecule has 2 aromatic carbocycles. The molecule has 8 rings (SSSR count). The van der Waals surface area contributed by atoms with E-state index in [9.17, 15) is 9.90 Å². The Morgan fingerprint density at radius 1 is 0.738 bits per heavy atom. The zero-order valence-corrected chi connectivity index (χ0v) is 36.6. The number of pyridine rings is 2. The molecule has 2 saturated heterocycles. The monoisotopic (exact) mass is 829 g/mol. The minimum absolute atomic E-state index is 0.454. The van der Waals surface area contributed by atoms with Gasteiger partial charge in [0.25, 0.3) is 0 Å². The minimum Gasteiger partial charge on any atom is -0.465 e. The van der Waals surface area contributed by atoms with Crippen LogP contribution >= 0.6 is 0 Å². The summed E-state index contributed by atoms with van der Waals surface area (Å²) in [7, 11) is 4.41. The zero-order valence-electron chi connectivity index (χ0n) is 36.6. The number of rotatable bonds is 13. The SMILES string of the molecule is CN1CCC(CCn2cc(CNc3ccc4c(N(C(=O)O)C(C)(C)C)nccc4c3)cn2)CC1.CN1CCC(CCn2cc(CNc3ccc4c(N)nccc4c3)cn2)CC1. The molecule has 2 fully saturated rings. The van der Waals surface area contributed by atoms with Gasteiger partial charge in [0.1, 0.15) is 11.6 Å². The Hall–Kier alpha value is -5.73. The first-order valence-electron chi connectivity index (χ1n) is 21.8. The Morgan fingerprint density at radius 2 is 1.21 bits per heavy atom. The number of hydrogen-bond donors (Lipinski definition) is 4. The predicted molar refractivity (Wildman–Crippen MR) is 247 cm³/mol. The van der Waals surface area contributed by atoms with Crippen molar-refractivity contribution >= 4 is 50.6 Å². The maximum Gasteiger partial charge on any atom is 0.413 e. The third-order valence-corrected chi connectivity index (χ3v) is 12.2. The number of carbonyl (C=O) groups is 1. The van der Waals surface area contributed by atoms with Crippen molar-refractivity contribution in [1.82, 2.24) is 39.3 Å². The van der Waals surface area contributed by atoms with Crippen LogP contribution in [0.1, 0.15) is 70.4 Å². The number of amides is 1. The molecule has 2 aliphatic heterocycles. The maximum atomic E-state index is 11.9. The van der Waals surface area contributed by atoms with E-state index >= 15 is 0 Å². The van der Waals surface area contributed by atoms with E-state index in [1.807, 2.05) is 75.6 Å². The van der Waals surface area contributed by atoms with Gasteiger partial charge in [-0.15, -0.1) is 0 Å². The lowest BCUT2D eigenvalue weighted by Gasteiger charge is -2.32. The molecule has 0 saturated carbocycles. The Bertz CT molecular complexity index is 2350. The quantitative estimate of drug-likeness (QED) is 0.0886. The van der Waals surface area contributed by atoms with Crippen molar-refractivity contribution in [3.05, 3.63) is 96.8 Å². The molecule has 61 heavy (non-hydrogen) atoms. The van der Waals surface area contributed by atoms with Crippen LogP contribution in [0.15, 0.2) is 85.7 Å². The summed E-state index contributed by atoms with van der Waals surface area (Å²) in [6.07, 6.45) is 18.2. The summed E-state index contributed by atoms with van der Waals surface area (Å²) in [6.45, 7) is 13.9. The van der Waals surface area contributed by atoms with E-state index in [1.54, 1.807) is 12.4 Å². The maximum absolute atomic E-state index is 11.9. The Labute approximate surface area is 360 Å². The van der Waals surface area contributed by atoms with Crippen LogP contribution in [-0.2, 0) is 26.2 Å². The smallest absolute Gasteiger partial charge is 0.413 e. The van der Waals surface area contributed by atoms with Gasteiger partial charge in [0.2, 0.25) is 0 Å². The number of nitrogens with two attached hydrogens (primary N) is 1. The van der Waals surface area contributed by atoms with E-state index < -0.39 is 11.6 Å². The summed E-state index contributed by atoms with van der Waals surface area (Å²) in [5.41, 5.74) is 9.71.